The average Bonchev–Trinajstić information content (AvgIpc) is 2.56. The number of nitrogens with zero attached hydrogens (tertiary/aromatic N) is 3. The zero-order valence-corrected chi connectivity index (χ0v) is 11.8. The molecular weight excluding hydrogens is 266 g/mol. The first-order valence-corrected chi connectivity index (χ1v) is 7.04. The van der Waals surface area contributed by atoms with Crippen LogP contribution in [0.5, 0.6) is 0 Å². The topological polar surface area (TPSA) is 76.3 Å². The summed E-state index contributed by atoms with van der Waals surface area (Å²) in [5.74, 6) is 0.932. The van der Waals surface area contributed by atoms with Crippen LogP contribution in [0.1, 0.15) is 5.56 Å². The highest BCUT2D eigenvalue weighted by Crippen LogP contribution is 2.24. The number of nitrogens with one attached hydrogen (secondary N) is 1. The van der Waals surface area contributed by atoms with Crippen LogP contribution in [0.2, 0.25) is 0 Å². The molecule has 6 heteroatoms. The van der Waals surface area contributed by atoms with E-state index in [9.17, 15) is 0 Å². The molecule has 0 amide bonds. The summed E-state index contributed by atoms with van der Waals surface area (Å²) in [5.41, 5.74) is 8.66. The second-order valence-electron chi connectivity index (χ2n) is 4.94. The molecule has 1 aliphatic heterocycles. The van der Waals surface area contributed by atoms with Crippen molar-refractivity contribution in [2.45, 2.75) is 6.54 Å². The van der Waals surface area contributed by atoms with Crippen molar-refractivity contribution in [3.63, 3.8) is 0 Å². The van der Waals surface area contributed by atoms with Gasteiger partial charge in [0.25, 0.3) is 0 Å². The van der Waals surface area contributed by atoms with Crippen LogP contribution >= 0.6 is 0 Å². The first-order chi connectivity index (χ1) is 10.3. The molecule has 0 saturated carbocycles. The quantitative estimate of drug-likeness (QED) is 0.886. The van der Waals surface area contributed by atoms with Gasteiger partial charge in [0.1, 0.15) is 5.82 Å². The van der Waals surface area contributed by atoms with Crippen molar-refractivity contribution in [1.82, 2.24) is 9.97 Å². The third-order valence-corrected chi connectivity index (χ3v) is 3.46. The SMILES string of the molecule is Nc1cnc(N2CCOCC2)cc1NCc1cccnc1. The van der Waals surface area contributed by atoms with Crippen molar-refractivity contribution < 1.29 is 4.74 Å². The van der Waals surface area contributed by atoms with Gasteiger partial charge in [0, 0.05) is 38.1 Å². The van der Waals surface area contributed by atoms with Crippen molar-refractivity contribution in [3.8, 4) is 0 Å². The molecule has 3 heterocycles. The lowest BCUT2D eigenvalue weighted by atomic mass is 10.2. The van der Waals surface area contributed by atoms with E-state index in [1.807, 2.05) is 24.4 Å². The number of hydrogen-bond donors (Lipinski definition) is 2. The molecule has 3 N–H and O–H groups in total. The lowest BCUT2D eigenvalue weighted by Crippen LogP contribution is -2.36. The minimum Gasteiger partial charge on any atom is -0.396 e. The molecule has 1 aliphatic rings. The minimum absolute atomic E-state index is 0.649. The molecule has 21 heavy (non-hydrogen) atoms. The van der Waals surface area contributed by atoms with Crippen molar-refractivity contribution in [2.75, 3.05) is 42.3 Å². The van der Waals surface area contributed by atoms with Gasteiger partial charge in [0.15, 0.2) is 0 Å². The summed E-state index contributed by atoms with van der Waals surface area (Å²) in [6, 6.07) is 5.95. The molecule has 1 fully saturated rings. The number of pyridine rings is 2. The predicted molar refractivity (Wildman–Crippen MR) is 83.2 cm³/mol. The van der Waals surface area contributed by atoms with Gasteiger partial charge in [-0.15, -0.1) is 0 Å². The van der Waals surface area contributed by atoms with Crippen LogP contribution in [0.15, 0.2) is 36.8 Å². The normalized spacial score (nSPS) is 15.0. The Morgan fingerprint density at radius 1 is 1.29 bits per heavy atom. The number of anilines is 3. The summed E-state index contributed by atoms with van der Waals surface area (Å²) in [5, 5.41) is 3.35. The number of rotatable bonds is 4. The maximum absolute atomic E-state index is 6.00. The molecule has 110 valence electrons. The van der Waals surface area contributed by atoms with E-state index < -0.39 is 0 Å². The van der Waals surface area contributed by atoms with Gasteiger partial charge < -0.3 is 20.7 Å². The Bertz CT molecular complexity index is 584. The molecule has 0 atom stereocenters. The van der Waals surface area contributed by atoms with Crippen LogP contribution in [0, 0.1) is 0 Å². The molecule has 0 unspecified atom stereocenters. The lowest BCUT2D eigenvalue weighted by Gasteiger charge is -2.28. The highest BCUT2D eigenvalue weighted by molar-refractivity contribution is 5.69. The van der Waals surface area contributed by atoms with Gasteiger partial charge in [-0.25, -0.2) is 4.98 Å². The van der Waals surface area contributed by atoms with Gasteiger partial charge in [0.05, 0.1) is 30.8 Å². The Morgan fingerprint density at radius 2 is 2.14 bits per heavy atom. The summed E-state index contributed by atoms with van der Waals surface area (Å²) < 4.78 is 5.36. The standard InChI is InChI=1S/C15H19N5O/c16-13-11-19-15(20-4-6-21-7-5-20)8-14(13)18-10-12-2-1-3-17-9-12/h1-3,8-9,11H,4-7,10,16H2,(H,18,19). The van der Waals surface area contributed by atoms with E-state index in [2.05, 4.69) is 20.2 Å². The van der Waals surface area contributed by atoms with Crippen LogP contribution < -0.4 is 16.0 Å². The largest absolute Gasteiger partial charge is 0.396 e. The Morgan fingerprint density at radius 3 is 2.90 bits per heavy atom. The van der Waals surface area contributed by atoms with E-state index in [4.69, 9.17) is 10.5 Å². The first kappa shape index (κ1) is 13.6. The fraction of sp³-hybridized carbons (Fsp3) is 0.333. The molecule has 2 aromatic rings. The fourth-order valence-corrected chi connectivity index (χ4v) is 2.27. The molecular formula is C15H19N5O. The number of ether oxygens (including phenoxy) is 1. The Labute approximate surface area is 124 Å². The molecule has 0 spiro atoms. The average molecular weight is 285 g/mol. The number of nitrogens with two attached hydrogens (primary N) is 1. The van der Waals surface area contributed by atoms with Gasteiger partial charge in [0.2, 0.25) is 0 Å². The van der Waals surface area contributed by atoms with E-state index in [0.29, 0.717) is 12.2 Å². The van der Waals surface area contributed by atoms with E-state index in [0.717, 1.165) is 43.4 Å². The van der Waals surface area contributed by atoms with E-state index in [1.54, 1.807) is 12.4 Å². The van der Waals surface area contributed by atoms with E-state index in [1.165, 1.54) is 0 Å². The van der Waals surface area contributed by atoms with Crippen LogP contribution in [-0.4, -0.2) is 36.3 Å². The van der Waals surface area contributed by atoms with Crippen LogP contribution in [-0.2, 0) is 11.3 Å². The monoisotopic (exact) mass is 285 g/mol. The molecule has 3 rings (SSSR count). The Hall–Kier alpha value is -2.34. The third kappa shape index (κ3) is 3.41. The maximum Gasteiger partial charge on any atom is 0.130 e. The molecule has 2 aromatic heterocycles. The van der Waals surface area contributed by atoms with Gasteiger partial charge >= 0.3 is 0 Å². The summed E-state index contributed by atoms with van der Waals surface area (Å²) >= 11 is 0. The van der Waals surface area contributed by atoms with Crippen molar-refractivity contribution in [3.05, 3.63) is 42.4 Å². The van der Waals surface area contributed by atoms with Crippen LogP contribution in [0.4, 0.5) is 17.2 Å². The number of hydrogen-bond acceptors (Lipinski definition) is 6. The summed E-state index contributed by atoms with van der Waals surface area (Å²) in [4.78, 5) is 10.7. The molecule has 0 radical (unpaired) electrons. The van der Waals surface area contributed by atoms with Gasteiger partial charge in [-0.05, 0) is 11.6 Å². The van der Waals surface area contributed by atoms with Crippen LogP contribution in [0.3, 0.4) is 0 Å². The highest BCUT2D eigenvalue weighted by Gasteiger charge is 2.13. The molecule has 0 aromatic carbocycles. The summed E-state index contributed by atoms with van der Waals surface area (Å²) in [7, 11) is 0. The third-order valence-electron chi connectivity index (χ3n) is 3.46. The molecule has 0 bridgehead atoms. The Kier molecular flexibility index (Phi) is 4.16. The van der Waals surface area contributed by atoms with Crippen molar-refractivity contribution >= 4 is 17.2 Å². The number of nitrogen functional groups attached to an aromatic ring is 1. The number of aromatic nitrogens is 2. The molecule has 6 nitrogen and oxygen atoms in total. The van der Waals surface area contributed by atoms with Crippen molar-refractivity contribution in [2.24, 2.45) is 0 Å². The minimum atomic E-state index is 0.649. The lowest BCUT2D eigenvalue weighted by molar-refractivity contribution is 0.122. The second-order valence-corrected chi connectivity index (χ2v) is 4.94. The number of morpholine rings is 1. The molecule has 0 aliphatic carbocycles. The second kappa shape index (κ2) is 6.41. The smallest absolute Gasteiger partial charge is 0.130 e. The summed E-state index contributed by atoms with van der Waals surface area (Å²) in [6.07, 6.45) is 5.31. The zero-order valence-electron chi connectivity index (χ0n) is 11.8. The zero-order chi connectivity index (χ0) is 14.5. The van der Waals surface area contributed by atoms with Crippen LogP contribution in [0.25, 0.3) is 0 Å². The van der Waals surface area contributed by atoms with E-state index >= 15 is 0 Å². The highest BCUT2D eigenvalue weighted by atomic mass is 16.5. The van der Waals surface area contributed by atoms with Gasteiger partial charge in [-0.2, -0.15) is 0 Å². The van der Waals surface area contributed by atoms with E-state index in [-0.39, 0.29) is 0 Å². The van der Waals surface area contributed by atoms with Gasteiger partial charge in [-0.3, -0.25) is 4.98 Å². The first-order valence-electron chi connectivity index (χ1n) is 7.04. The fourth-order valence-electron chi connectivity index (χ4n) is 2.27. The molecule has 1 saturated heterocycles. The predicted octanol–water partition coefficient (Wildman–Crippen LogP) is 1.51. The summed E-state index contributed by atoms with van der Waals surface area (Å²) in [6.45, 7) is 3.89. The maximum atomic E-state index is 6.00. The van der Waals surface area contributed by atoms with Gasteiger partial charge in [-0.1, -0.05) is 6.07 Å². The Balaban J connectivity index is 1.72. The van der Waals surface area contributed by atoms with Crippen molar-refractivity contribution in [1.29, 1.82) is 0 Å².